The fourth-order valence-corrected chi connectivity index (χ4v) is 2.33. The molecular formula is C11H16FN3O3S. The number of nitrogens with zero attached hydrogens (tertiary/aromatic N) is 1. The molecule has 1 rings (SSSR count). The van der Waals surface area contributed by atoms with E-state index in [0.29, 0.717) is 0 Å². The molecule has 0 saturated carbocycles. The molecule has 0 aliphatic heterocycles. The lowest BCUT2D eigenvalue weighted by atomic mass is 10.4. The van der Waals surface area contributed by atoms with Gasteiger partial charge in [-0.3, -0.25) is 10.2 Å². The van der Waals surface area contributed by atoms with Crippen molar-refractivity contribution in [2.24, 2.45) is 0 Å². The first-order valence-electron chi connectivity index (χ1n) is 5.53. The number of hydrogen-bond acceptors (Lipinski definition) is 4. The molecular weight excluding hydrogens is 273 g/mol. The van der Waals surface area contributed by atoms with Crippen LogP contribution in [-0.4, -0.2) is 40.0 Å². The van der Waals surface area contributed by atoms with Crippen molar-refractivity contribution in [3.05, 3.63) is 30.1 Å². The molecule has 2 N–H and O–H groups in total. The van der Waals surface area contributed by atoms with Gasteiger partial charge in [0, 0.05) is 27.1 Å². The van der Waals surface area contributed by atoms with Gasteiger partial charge in [-0.2, -0.15) is 0 Å². The quantitative estimate of drug-likeness (QED) is 0.727. The monoisotopic (exact) mass is 289 g/mol. The Hall–Kier alpha value is -1.51. The summed E-state index contributed by atoms with van der Waals surface area (Å²) < 4.78 is 38.5. The molecule has 0 unspecified atom stereocenters. The predicted octanol–water partition coefficient (Wildman–Crippen LogP) is 0.0869. The van der Waals surface area contributed by atoms with Gasteiger partial charge in [0.25, 0.3) is 0 Å². The second kappa shape index (κ2) is 6.60. The first-order chi connectivity index (χ1) is 8.81. The minimum atomic E-state index is -3.71. The molecule has 0 spiro atoms. The van der Waals surface area contributed by atoms with Crippen LogP contribution in [0.3, 0.4) is 0 Å². The van der Waals surface area contributed by atoms with Crippen LogP contribution in [0.25, 0.3) is 0 Å². The summed E-state index contributed by atoms with van der Waals surface area (Å²) >= 11 is 0. The summed E-state index contributed by atoms with van der Waals surface area (Å²) in [5.74, 6) is -0.809. The third-order valence-electron chi connectivity index (χ3n) is 2.12. The second-order valence-electron chi connectivity index (χ2n) is 4.03. The largest absolute Gasteiger partial charge is 0.289 e. The van der Waals surface area contributed by atoms with Gasteiger partial charge in [-0.15, -0.1) is 0 Å². The number of halogens is 1. The second-order valence-corrected chi connectivity index (χ2v) is 5.80. The molecule has 0 radical (unpaired) electrons. The van der Waals surface area contributed by atoms with E-state index in [4.69, 9.17) is 0 Å². The van der Waals surface area contributed by atoms with Gasteiger partial charge in [0.1, 0.15) is 5.82 Å². The highest BCUT2D eigenvalue weighted by Gasteiger charge is 2.14. The van der Waals surface area contributed by atoms with Crippen LogP contribution in [0.5, 0.6) is 0 Å². The van der Waals surface area contributed by atoms with Crippen molar-refractivity contribution in [3.63, 3.8) is 0 Å². The smallest absolute Gasteiger partial charge is 0.240 e. The van der Waals surface area contributed by atoms with E-state index in [1.165, 1.54) is 5.01 Å². The number of benzene rings is 1. The first kappa shape index (κ1) is 15.5. The van der Waals surface area contributed by atoms with Crippen LogP contribution in [0.15, 0.2) is 29.2 Å². The highest BCUT2D eigenvalue weighted by atomic mass is 32.2. The number of sulfonamides is 1. The average Bonchev–Trinajstić information content (AvgIpc) is 2.28. The van der Waals surface area contributed by atoms with E-state index in [0.717, 1.165) is 24.3 Å². The topological polar surface area (TPSA) is 78.5 Å². The molecule has 0 heterocycles. The van der Waals surface area contributed by atoms with Crippen molar-refractivity contribution in [2.75, 3.05) is 20.6 Å². The Kier molecular flexibility index (Phi) is 5.40. The van der Waals surface area contributed by atoms with Crippen LogP contribution >= 0.6 is 0 Å². The molecule has 8 heteroatoms. The standard InChI is InChI=1S/C11H16FN3O3S/c1-15(2)14-11(16)7-8-13-19(17,18)10-5-3-9(12)4-6-10/h3-6,13H,7-8H2,1-2H3,(H,14,16). The number of hydrazine groups is 1. The number of carbonyl (C=O) groups excluding carboxylic acids is 1. The van der Waals surface area contributed by atoms with Gasteiger partial charge < -0.3 is 0 Å². The molecule has 0 atom stereocenters. The van der Waals surface area contributed by atoms with E-state index in [2.05, 4.69) is 10.1 Å². The Morgan fingerprint density at radius 2 is 1.84 bits per heavy atom. The third kappa shape index (κ3) is 5.33. The minimum absolute atomic E-state index is 0.0125. The fourth-order valence-electron chi connectivity index (χ4n) is 1.30. The van der Waals surface area contributed by atoms with E-state index in [-0.39, 0.29) is 23.8 Å². The van der Waals surface area contributed by atoms with Crippen LogP contribution in [0.4, 0.5) is 4.39 Å². The third-order valence-corrected chi connectivity index (χ3v) is 3.59. The van der Waals surface area contributed by atoms with Crippen molar-refractivity contribution in [1.82, 2.24) is 15.2 Å². The van der Waals surface area contributed by atoms with Gasteiger partial charge in [0.15, 0.2) is 0 Å². The van der Waals surface area contributed by atoms with E-state index in [1.54, 1.807) is 14.1 Å². The van der Waals surface area contributed by atoms with Gasteiger partial charge in [0.05, 0.1) is 4.90 Å². The molecule has 0 bridgehead atoms. The molecule has 19 heavy (non-hydrogen) atoms. The van der Waals surface area contributed by atoms with E-state index >= 15 is 0 Å². The van der Waals surface area contributed by atoms with Crippen molar-refractivity contribution in [1.29, 1.82) is 0 Å². The summed E-state index contributed by atoms with van der Waals surface area (Å²) in [6, 6.07) is 4.45. The van der Waals surface area contributed by atoms with E-state index in [9.17, 15) is 17.6 Å². The summed E-state index contributed by atoms with van der Waals surface area (Å²) in [7, 11) is -0.405. The molecule has 0 aromatic heterocycles. The lowest BCUT2D eigenvalue weighted by Gasteiger charge is -2.12. The number of rotatable bonds is 6. The van der Waals surface area contributed by atoms with E-state index in [1.807, 2.05) is 0 Å². The number of carbonyl (C=O) groups is 1. The molecule has 1 amide bonds. The normalized spacial score (nSPS) is 11.6. The van der Waals surface area contributed by atoms with Gasteiger partial charge in [-0.05, 0) is 24.3 Å². The predicted molar refractivity (Wildman–Crippen MR) is 68.0 cm³/mol. The SMILES string of the molecule is CN(C)NC(=O)CCNS(=O)(=O)c1ccc(F)cc1. The summed E-state index contributed by atoms with van der Waals surface area (Å²) in [5.41, 5.74) is 2.49. The number of nitrogens with one attached hydrogen (secondary N) is 2. The van der Waals surface area contributed by atoms with Crippen LogP contribution < -0.4 is 10.1 Å². The zero-order valence-corrected chi connectivity index (χ0v) is 11.5. The van der Waals surface area contributed by atoms with Gasteiger partial charge in [-0.25, -0.2) is 22.5 Å². The summed E-state index contributed by atoms with van der Waals surface area (Å²) in [4.78, 5) is 11.2. The van der Waals surface area contributed by atoms with Crippen LogP contribution in [-0.2, 0) is 14.8 Å². The molecule has 0 saturated heterocycles. The van der Waals surface area contributed by atoms with Crippen molar-refractivity contribution >= 4 is 15.9 Å². The maximum Gasteiger partial charge on any atom is 0.240 e. The lowest BCUT2D eigenvalue weighted by molar-refractivity contribution is -0.124. The van der Waals surface area contributed by atoms with Gasteiger partial charge >= 0.3 is 0 Å². The van der Waals surface area contributed by atoms with Crippen LogP contribution in [0, 0.1) is 5.82 Å². The maximum absolute atomic E-state index is 12.7. The molecule has 1 aromatic carbocycles. The number of amides is 1. The zero-order valence-electron chi connectivity index (χ0n) is 10.7. The highest BCUT2D eigenvalue weighted by Crippen LogP contribution is 2.09. The molecule has 106 valence electrons. The summed E-state index contributed by atoms with van der Waals surface area (Å²) in [6.07, 6.45) is 0.0125. The van der Waals surface area contributed by atoms with Crippen molar-refractivity contribution < 1.29 is 17.6 Å². The van der Waals surface area contributed by atoms with Gasteiger partial charge in [-0.1, -0.05) is 0 Å². The Bertz CT molecular complexity index is 529. The Morgan fingerprint density at radius 3 is 2.37 bits per heavy atom. The van der Waals surface area contributed by atoms with Gasteiger partial charge in [0.2, 0.25) is 15.9 Å². The maximum atomic E-state index is 12.7. The first-order valence-corrected chi connectivity index (χ1v) is 7.01. The fraction of sp³-hybridized carbons (Fsp3) is 0.364. The number of hydrogen-bond donors (Lipinski definition) is 2. The lowest BCUT2D eigenvalue weighted by Crippen LogP contribution is -2.38. The molecule has 6 nitrogen and oxygen atoms in total. The molecule has 0 aliphatic rings. The van der Waals surface area contributed by atoms with Crippen molar-refractivity contribution in [2.45, 2.75) is 11.3 Å². The van der Waals surface area contributed by atoms with Crippen LogP contribution in [0.1, 0.15) is 6.42 Å². The minimum Gasteiger partial charge on any atom is -0.289 e. The van der Waals surface area contributed by atoms with Crippen molar-refractivity contribution in [3.8, 4) is 0 Å². The summed E-state index contributed by atoms with van der Waals surface area (Å²) in [6.45, 7) is -0.0284. The van der Waals surface area contributed by atoms with Crippen LogP contribution in [0.2, 0.25) is 0 Å². The Labute approximate surface area is 111 Å². The average molecular weight is 289 g/mol. The Balaban J connectivity index is 2.52. The molecule has 0 fully saturated rings. The molecule has 0 aliphatic carbocycles. The zero-order chi connectivity index (χ0) is 14.5. The summed E-state index contributed by atoms with van der Waals surface area (Å²) in [5, 5.41) is 1.47. The highest BCUT2D eigenvalue weighted by molar-refractivity contribution is 7.89. The van der Waals surface area contributed by atoms with E-state index < -0.39 is 15.8 Å². The Morgan fingerprint density at radius 1 is 1.26 bits per heavy atom. The molecule has 1 aromatic rings.